The van der Waals surface area contributed by atoms with E-state index in [1.807, 2.05) is 18.2 Å². The fourth-order valence-electron chi connectivity index (χ4n) is 2.10. The van der Waals surface area contributed by atoms with Gasteiger partial charge in [0.05, 0.1) is 5.52 Å². The molecule has 0 aliphatic heterocycles. The Bertz CT molecular complexity index is 592. The number of hydrogen-bond acceptors (Lipinski definition) is 4. The molecule has 1 heterocycles. The summed E-state index contributed by atoms with van der Waals surface area (Å²) in [7, 11) is 0. The molecule has 0 atom stereocenters. The van der Waals surface area contributed by atoms with Crippen molar-refractivity contribution in [3.63, 3.8) is 0 Å². The van der Waals surface area contributed by atoms with Gasteiger partial charge >= 0.3 is 5.97 Å². The molecule has 1 aromatic heterocycles. The molecule has 0 radical (unpaired) electrons. The Balaban J connectivity index is 1.88. The molecule has 2 aromatic rings. The third-order valence-electron chi connectivity index (χ3n) is 3.49. The van der Waals surface area contributed by atoms with E-state index in [4.69, 9.17) is 5.11 Å². The van der Waals surface area contributed by atoms with Crippen LogP contribution in [-0.4, -0.2) is 22.0 Å². The highest BCUT2D eigenvalue weighted by Crippen LogP contribution is 2.30. The minimum absolute atomic E-state index is 0.0336. The van der Waals surface area contributed by atoms with Crippen molar-refractivity contribution in [2.24, 2.45) is 5.41 Å². The predicted octanol–water partition coefficient (Wildman–Crippen LogP) is 3.99. The predicted molar refractivity (Wildman–Crippen MR) is 83.4 cm³/mol. The second kappa shape index (κ2) is 6.22. The average molecular weight is 292 g/mol. The Morgan fingerprint density at radius 3 is 2.85 bits per heavy atom. The monoisotopic (exact) mass is 292 g/mol. The Hall–Kier alpha value is -1.62. The highest BCUT2D eigenvalue weighted by Gasteiger charge is 2.19. The van der Waals surface area contributed by atoms with E-state index < -0.39 is 5.97 Å². The second-order valence-corrected chi connectivity index (χ2v) is 6.54. The molecule has 0 spiro atoms. The highest BCUT2D eigenvalue weighted by atomic mass is 32.1. The molecule has 0 bridgehead atoms. The molecule has 5 heteroatoms. The minimum Gasteiger partial charge on any atom is -0.481 e. The van der Waals surface area contributed by atoms with Crippen LogP contribution in [-0.2, 0) is 4.79 Å². The summed E-state index contributed by atoms with van der Waals surface area (Å²) in [6.45, 7) is 5.06. The zero-order chi connectivity index (χ0) is 14.6. The molecular formula is C15H20N2O2S. The van der Waals surface area contributed by atoms with Crippen molar-refractivity contribution in [2.45, 2.75) is 33.1 Å². The standard InChI is InChI=1S/C15H20N2O2S/c1-15(2,8-7-13(18)19)9-10-16-14-11-5-3-4-6-12(11)17-20-14/h3-6,16H,7-10H2,1-2H3,(H,18,19). The van der Waals surface area contributed by atoms with Gasteiger partial charge in [-0.05, 0) is 41.9 Å². The van der Waals surface area contributed by atoms with Gasteiger partial charge in [0.25, 0.3) is 0 Å². The van der Waals surface area contributed by atoms with Gasteiger partial charge in [0.2, 0.25) is 0 Å². The van der Waals surface area contributed by atoms with Gasteiger partial charge in [-0.15, -0.1) is 0 Å². The number of nitrogens with one attached hydrogen (secondary N) is 1. The van der Waals surface area contributed by atoms with Gasteiger partial charge in [0.1, 0.15) is 5.00 Å². The van der Waals surface area contributed by atoms with E-state index in [0.29, 0.717) is 6.42 Å². The van der Waals surface area contributed by atoms with Gasteiger partial charge in [0, 0.05) is 18.4 Å². The van der Waals surface area contributed by atoms with E-state index in [1.54, 1.807) is 0 Å². The van der Waals surface area contributed by atoms with Crippen LogP contribution in [0.2, 0.25) is 0 Å². The molecule has 0 aliphatic rings. The van der Waals surface area contributed by atoms with Crippen molar-refractivity contribution in [3.05, 3.63) is 24.3 Å². The lowest BCUT2D eigenvalue weighted by molar-refractivity contribution is -0.137. The maximum atomic E-state index is 10.6. The van der Waals surface area contributed by atoms with Crippen LogP contribution < -0.4 is 5.32 Å². The molecule has 20 heavy (non-hydrogen) atoms. The lowest BCUT2D eigenvalue weighted by Gasteiger charge is -2.23. The number of aliphatic carboxylic acids is 1. The van der Waals surface area contributed by atoms with Crippen LogP contribution in [0.5, 0.6) is 0 Å². The molecule has 0 amide bonds. The van der Waals surface area contributed by atoms with E-state index in [2.05, 4.69) is 29.6 Å². The summed E-state index contributed by atoms with van der Waals surface area (Å²) in [5.74, 6) is -0.723. The summed E-state index contributed by atoms with van der Waals surface area (Å²) in [5.41, 5.74) is 1.05. The third kappa shape index (κ3) is 3.93. The number of benzene rings is 1. The Labute approximate surface area is 123 Å². The van der Waals surface area contributed by atoms with Crippen molar-refractivity contribution in [1.82, 2.24) is 4.37 Å². The highest BCUT2D eigenvalue weighted by molar-refractivity contribution is 7.11. The topological polar surface area (TPSA) is 62.2 Å². The molecule has 2 rings (SSSR count). The maximum Gasteiger partial charge on any atom is 0.303 e. The summed E-state index contributed by atoms with van der Waals surface area (Å²) in [5, 5.41) is 14.4. The molecule has 0 unspecified atom stereocenters. The van der Waals surface area contributed by atoms with Crippen molar-refractivity contribution in [3.8, 4) is 0 Å². The zero-order valence-electron chi connectivity index (χ0n) is 11.8. The minimum atomic E-state index is -0.723. The normalized spacial score (nSPS) is 11.7. The number of carboxylic acids is 1. The van der Waals surface area contributed by atoms with Crippen LogP contribution in [0, 0.1) is 5.41 Å². The van der Waals surface area contributed by atoms with Gasteiger partial charge in [-0.3, -0.25) is 4.79 Å². The lowest BCUT2D eigenvalue weighted by atomic mass is 9.84. The second-order valence-electron chi connectivity index (χ2n) is 5.76. The first kappa shape index (κ1) is 14.8. The summed E-state index contributed by atoms with van der Waals surface area (Å²) in [6.07, 6.45) is 1.87. The first-order valence-electron chi connectivity index (χ1n) is 6.78. The zero-order valence-corrected chi connectivity index (χ0v) is 12.7. The first-order chi connectivity index (χ1) is 9.48. The number of fused-ring (bicyclic) bond motifs is 1. The SMILES string of the molecule is CC(C)(CCNc1snc2ccccc12)CCC(=O)O. The van der Waals surface area contributed by atoms with Crippen molar-refractivity contribution < 1.29 is 9.90 Å². The van der Waals surface area contributed by atoms with E-state index >= 15 is 0 Å². The summed E-state index contributed by atoms with van der Waals surface area (Å²) >= 11 is 1.48. The first-order valence-corrected chi connectivity index (χ1v) is 7.55. The molecule has 1 aromatic carbocycles. The summed E-state index contributed by atoms with van der Waals surface area (Å²) < 4.78 is 4.39. The third-order valence-corrected chi connectivity index (χ3v) is 4.32. The average Bonchev–Trinajstić information content (AvgIpc) is 2.80. The Morgan fingerprint density at radius 2 is 2.10 bits per heavy atom. The van der Waals surface area contributed by atoms with E-state index in [0.717, 1.165) is 28.9 Å². The van der Waals surface area contributed by atoms with Crippen LogP contribution in [0.4, 0.5) is 5.00 Å². The molecule has 2 N–H and O–H groups in total. The number of nitrogens with zero attached hydrogens (tertiary/aromatic N) is 1. The van der Waals surface area contributed by atoms with E-state index in [1.165, 1.54) is 11.5 Å². The number of carbonyl (C=O) groups is 1. The maximum absolute atomic E-state index is 10.6. The summed E-state index contributed by atoms with van der Waals surface area (Å²) in [4.78, 5) is 10.6. The van der Waals surface area contributed by atoms with Gasteiger partial charge in [-0.1, -0.05) is 26.0 Å². The number of aromatic nitrogens is 1. The quantitative estimate of drug-likeness (QED) is 0.810. The molecule has 0 aliphatic carbocycles. The number of carboxylic acid groups (broad SMARTS) is 1. The van der Waals surface area contributed by atoms with Crippen LogP contribution in [0.3, 0.4) is 0 Å². The fourth-order valence-corrected chi connectivity index (χ4v) is 2.89. The lowest BCUT2D eigenvalue weighted by Crippen LogP contribution is -2.18. The molecule has 108 valence electrons. The van der Waals surface area contributed by atoms with Crippen molar-refractivity contribution in [1.29, 1.82) is 0 Å². The largest absolute Gasteiger partial charge is 0.481 e. The smallest absolute Gasteiger partial charge is 0.303 e. The van der Waals surface area contributed by atoms with Gasteiger partial charge < -0.3 is 10.4 Å². The van der Waals surface area contributed by atoms with E-state index in [9.17, 15) is 4.79 Å². The molecule has 0 fully saturated rings. The molecular weight excluding hydrogens is 272 g/mol. The van der Waals surface area contributed by atoms with Gasteiger partial charge in [-0.2, -0.15) is 4.37 Å². The summed E-state index contributed by atoms with van der Waals surface area (Å²) in [6, 6.07) is 8.07. The van der Waals surface area contributed by atoms with Crippen LogP contribution in [0.1, 0.15) is 33.1 Å². The molecule has 0 saturated heterocycles. The van der Waals surface area contributed by atoms with Crippen molar-refractivity contribution >= 4 is 33.4 Å². The van der Waals surface area contributed by atoms with Crippen LogP contribution >= 0.6 is 11.5 Å². The number of rotatable bonds is 7. The number of anilines is 1. The molecule has 4 nitrogen and oxygen atoms in total. The van der Waals surface area contributed by atoms with E-state index in [-0.39, 0.29) is 11.8 Å². The van der Waals surface area contributed by atoms with Crippen LogP contribution in [0.25, 0.3) is 10.9 Å². The van der Waals surface area contributed by atoms with Gasteiger partial charge in [0.15, 0.2) is 0 Å². The van der Waals surface area contributed by atoms with Crippen molar-refractivity contribution in [2.75, 3.05) is 11.9 Å². The molecule has 0 saturated carbocycles. The fraction of sp³-hybridized carbons (Fsp3) is 0.467. The Morgan fingerprint density at radius 1 is 1.35 bits per heavy atom. The number of hydrogen-bond donors (Lipinski definition) is 2. The van der Waals surface area contributed by atoms with Gasteiger partial charge in [-0.25, -0.2) is 0 Å². The van der Waals surface area contributed by atoms with Crippen LogP contribution in [0.15, 0.2) is 24.3 Å². The Kier molecular flexibility index (Phi) is 4.60.